The minimum Gasteiger partial charge on any atom is -0.399 e. The van der Waals surface area contributed by atoms with Crippen LogP contribution in [-0.2, 0) is 4.79 Å². The van der Waals surface area contributed by atoms with E-state index in [1.807, 2.05) is 44.2 Å². The van der Waals surface area contributed by atoms with Gasteiger partial charge in [-0.3, -0.25) is 4.79 Å². The Kier molecular flexibility index (Phi) is 6.60. The highest BCUT2D eigenvalue weighted by atomic mass is 16.1. The predicted molar refractivity (Wildman–Crippen MR) is 56.4 cm³/mol. The predicted octanol–water partition coefficient (Wildman–Crippen LogP) is 2.64. The van der Waals surface area contributed by atoms with E-state index in [-0.39, 0.29) is 0 Å². The van der Waals surface area contributed by atoms with Crippen molar-refractivity contribution in [2.75, 3.05) is 5.73 Å². The van der Waals surface area contributed by atoms with E-state index in [0.717, 1.165) is 5.69 Å². The van der Waals surface area contributed by atoms with Gasteiger partial charge >= 0.3 is 0 Å². The Hall–Kier alpha value is -1.31. The quantitative estimate of drug-likeness (QED) is 0.709. The molecule has 0 fully saturated rings. The second-order valence-corrected chi connectivity index (χ2v) is 2.66. The highest BCUT2D eigenvalue weighted by molar-refractivity contribution is 5.77. The zero-order valence-electron chi connectivity index (χ0n) is 8.29. The number of para-hydroxylation sites is 1. The van der Waals surface area contributed by atoms with E-state index in [0.29, 0.717) is 18.6 Å². The van der Waals surface area contributed by atoms with Gasteiger partial charge in [-0.2, -0.15) is 0 Å². The molecule has 2 N–H and O–H groups in total. The number of hydrogen-bond acceptors (Lipinski definition) is 2. The second kappa shape index (κ2) is 7.35. The van der Waals surface area contributed by atoms with Crippen LogP contribution in [-0.4, -0.2) is 5.78 Å². The number of carbonyl (C=O) groups is 1. The molecule has 0 atom stereocenters. The number of anilines is 1. The van der Waals surface area contributed by atoms with Gasteiger partial charge < -0.3 is 5.73 Å². The van der Waals surface area contributed by atoms with Crippen LogP contribution in [0.25, 0.3) is 0 Å². The van der Waals surface area contributed by atoms with Crippen LogP contribution < -0.4 is 5.73 Å². The first kappa shape index (κ1) is 11.7. The molecule has 0 radical (unpaired) electrons. The largest absolute Gasteiger partial charge is 0.399 e. The average Bonchev–Trinajstić information content (AvgIpc) is 2.19. The zero-order valence-corrected chi connectivity index (χ0v) is 8.29. The number of ketones is 1. The molecule has 2 heteroatoms. The Balaban J connectivity index is 0.000000226. The van der Waals surface area contributed by atoms with Crippen molar-refractivity contribution in [3.63, 3.8) is 0 Å². The Morgan fingerprint density at radius 3 is 1.77 bits per heavy atom. The number of carbonyl (C=O) groups excluding carboxylic acids is 1. The summed E-state index contributed by atoms with van der Waals surface area (Å²) in [5, 5.41) is 0. The SMILES string of the molecule is CCC(=O)CC.Nc1ccccc1. The van der Waals surface area contributed by atoms with Crippen LogP contribution in [0.4, 0.5) is 5.69 Å². The lowest BCUT2D eigenvalue weighted by molar-refractivity contribution is -0.118. The molecule has 72 valence electrons. The summed E-state index contributed by atoms with van der Waals surface area (Å²) in [4.78, 5) is 10.2. The van der Waals surface area contributed by atoms with Crippen LogP contribution in [0.5, 0.6) is 0 Å². The summed E-state index contributed by atoms with van der Waals surface area (Å²) in [6.07, 6.45) is 1.38. The monoisotopic (exact) mass is 179 g/mol. The molecular weight excluding hydrogens is 162 g/mol. The van der Waals surface area contributed by atoms with Crippen LogP contribution in [0, 0.1) is 0 Å². The van der Waals surface area contributed by atoms with E-state index in [2.05, 4.69) is 0 Å². The molecule has 0 saturated heterocycles. The molecule has 0 bridgehead atoms. The van der Waals surface area contributed by atoms with Gasteiger partial charge in [0.15, 0.2) is 0 Å². The molecule has 0 aliphatic heterocycles. The maximum Gasteiger partial charge on any atom is 0.132 e. The third-order valence-electron chi connectivity index (χ3n) is 1.59. The molecule has 0 heterocycles. The highest BCUT2D eigenvalue weighted by Crippen LogP contribution is 1.95. The van der Waals surface area contributed by atoms with Crippen molar-refractivity contribution in [2.45, 2.75) is 26.7 Å². The van der Waals surface area contributed by atoms with Crippen LogP contribution in [0.1, 0.15) is 26.7 Å². The van der Waals surface area contributed by atoms with Crippen LogP contribution in [0.15, 0.2) is 30.3 Å². The zero-order chi connectivity index (χ0) is 10.1. The van der Waals surface area contributed by atoms with Crippen molar-refractivity contribution in [2.24, 2.45) is 0 Å². The summed E-state index contributed by atoms with van der Waals surface area (Å²) < 4.78 is 0. The Morgan fingerprint density at radius 1 is 1.15 bits per heavy atom. The van der Waals surface area contributed by atoms with Crippen molar-refractivity contribution in [3.8, 4) is 0 Å². The summed E-state index contributed by atoms with van der Waals surface area (Å²) in [6.45, 7) is 3.76. The third-order valence-corrected chi connectivity index (χ3v) is 1.59. The fourth-order valence-electron chi connectivity index (χ4n) is 0.703. The molecule has 13 heavy (non-hydrogen) atoms. The summed E-state index contributed by atoms with van der Waals surface area (Å²) in [5.41, 5.74) is 6.18. The molecule has 0 saturated carbocycles. The maximum absolute atomic E-state index is 10.2. The van der Waals surface area contributed by atoms with E-state index in [1.54, 1.807) is 0 Å². The smallest absolute Gasteiger partial charge is 0.132 e. The first-order valence-electron chi connectivity index (χ1n) is 4.52. The van der Waals surface area contributed by atoms with E-state index in [1.165, 1.54) is 0 Å². The number of rotatable bonds is 2. The Bertz CT molecular complexity index is 225. The van der Waals surface area contributed by atoms with Crippen molar-refractivity contribution < 1.29 is 4.79 Å². The molecule has 0 aliphatic rings. The lowest BCUT2D eigenvalue weighted by atomic mass is 10.3. The summed E-state index contributed by atoms with van der Waals surface area (Å²) in [7, 11) is 0. The molecule has 0 aliphatic carbocycles. The number of hydrogen-bond donors (Lipinski definition) is 1. The minimum absolute atomic E-state index is 0.343. The molecule has 1 aromatic rings. The van der Waals surface area contributed by atoms with Gasteiger partial charge in [0.2, 0.25) is 0 Å². The average molecular weight is 179 g/mol. The molecule has 2 nitrogen and oxygen atoms in total. The normalized spacial score (nSPS) is 8.46. The summed E-state index contributed by atoms with van der Waals surface area (Å²) >= 11 is 0. The molecule has 0 unspecified atom stereocenters. The van der Waals surface area contributed by atoms with Crippen LogP contribution in [0.2, 0.25) is 0 Å². The lowest BCUT2D eigenvalue weighted by Crippen LogP contribution is -1.88. The first-order chi connectivity index (χ1) is 6.20. The summed E-state index contributed by atoms with van der Waals surface area (Å²) in [5.74, 6) is 0.343. The Morgan fingerprint density at radius 2 is 1.62 bits per heavy atom. The molecular formula is C11H17NO. The van der Waals surface area contributed by atoms with Gasteiger partial charge in [0.1, 0.15) is 5.78 Å². The number of nitrogen functional groups attached to an aromatic ring is 1. The Labute approximate surface area is 79.8 Å². The first-order valence-corrected chi connectivity index (χ1v) is 4.52. The number of benzene rings is 1. The van der Waals surface area contributed by atoms with Gasteiger partial charge in [-0.25, -0.2) is 0 Å². The molecule has 0 aromatic heterocycles. The van der Waals surface area contributed by atoms with Crippen LogP contribution >= 0.6 is 0 Å². The number of Topliss-reactive ketones (excluding diaryl/α,β-unsaturated/α-hetero) is 1. The van der Waals surface area contributed by atoms with Gasteiger partial charge in [0.25, 0.3) is 0 Å². The van der Waals surface area contributed by atoms with Crippen molar-refractivity contribution in [1.82, 2.24) is 0 Å². The molecule has 0 amide bonds. The third kappa shape index (κ3) is 7.06. The van der Waals surface area contributed by atoms with E-state index < -0.39 is 0 Å². The fraction of sp³-hybridized carbons (Fsp3) is 0.364. The summed E-state index contributed by atoms with van der Waals surface area (Å²) in [6, 6.07) is 9.49. The second-order valence-electron chi connectivity index (χ2n) is 2.66. The van der Waals surface area contributed by atoms with Gasteiger partial charge in [-0.15, -0.1) is 0 Å². The van der Waals surface area contributed by atoms with Gasteiger partial charge in [-0.1, -0.05) is 32.0 Å². The number of nitrogens with two attached hydrogens (primary N) is 1. The van der Waals surface area contributed by atoms with Gasteiger partial charge in [0, 0.05) is 18.5 Å². The lowest BCUT2D eigenvalue weighted by Gasteiger charge is -1.83. The van der Waals surface area contributed by atoms with Gasteiger partial charge in [-0.05, 0) is 12.1 Å². The fourth-order valence-corrected chi connectivity index (χ4v) is 0.703. The molecule has 1 aromatic carbocycles. The molecule has 1 rings (SSSR count). The van der Waals surface area contributed by atoms with Crippen molar-refractivity contribution in [3.05, 3.63) is 30.3 Å². The minimum atomic E-state index is 0.343. The van der Waals surface area contributed by atoms with E-state index >= 15 is 0 Å². The highest BCUT2D eigenvalue weighted by Gasteiger charge is 1.86. The topological polar surface area (TPSA) is 43.1 Å². The van der Waals surface area contributed by atoms with E-state index in [9.17, 15) is 4.79 Å². The van der Waals surface area contributed by atoms with Gasteiger partial charge in [0.05, 0.1) is 0 Å². The van der Waals surface area contributed by atoms with Crippen molar-refractivity contribution >= 4 is 11.5 Å². The van der Waals surface area contributed by atoms with E-state index in [4.69, 9.17) is 5.73 Å². The van der Waals surface area contributed by atoms with Crippen molar-refractivity contribution in [1.29, 1.82) is 0 Å². The maximum atomic E-state index is 10.2. The molecule has 0 spiro atoms. The van der Waals surface area contributed by atoms with Crippen LogP contribution in [0.3, 0.4) is 0 Å². The standard InChI is InChI=1S/C6H7N.C5H10O/c7-6-4-2-1-3-5-6;1-3-5(6)4-2/h1-5H,7H2;3-4H2,1-2H3.